The fraction of sp³-hybridized carbons (Fsp3) is 0.600. The summed E-state index contributed by atoms with van der Waals surface area (Å²) in [5, 5.41) is 0. The van der Waals surface area contributed by atoms with Crippen LogP contribution in [0.5, 0.6) is 5.75 Å². The Morgan fingerprint density at radius 3 is 2.44 bits per heavy atom. The van der Waals surface area contributed by atoms with Crippen molar-refractivity contribution >= 4 is 5.69 Å². The lowest BCUT2D eigenvalue weighted by Crippen LogP contribution is -2.30. The van der Waals surface area contributed by atoms with Crippen LogP contribution in [-0.4, -0.2) is 26.7 Å². The SMILES string of the molecule is COc1ccc(N(C)C(C)CCN)cc1C(C)C. The van der Waals surface area contributed by atoms with Crippen molar-refractivity contribution in [2.24, 2.45) is 5.73 Å². The third kappa shape index (κ3) is 3.39. The quantitative estimate of drug-likeness (QED) is 0.843. The minimum atomic E-state index is 0.448. The Morgan fingerprint density at radius 1 is 1.28 bits per heavy atom. The molecule has 0 aliphatic rings. The van der Waals surface area contributed by atoms with E-state index in [0.29, 0.717) is 12.0 Å². The summed E-state index contributed by atoms with van der Waals surface area (Å²) in [4.78, 5) is 2.28. The van der Waals surface area contributed by atoms with Gasteiger partial charge in [-0.05, 0) is 49.6 Å². The van der Waals surface area contributed by atoms with Crippen molar-refractivity contribution in [3.05, 3.63) is 23.8 Å². The predicted molar refractivity (Wildman–Crippen MR) is 78.6 cm³/mol. The summed E-state index contributed by atoms with van der Waals surface area (Å²) < 4.78 is 5.41. The van der Waals surface area contributed by atoms with Crippen molar-refractivity contribution < 1.29 is 4.74 Å². The van der Waals surface area contributed by atoms with Gasteiger partial charge in [0.2, 0.25) is 0 Å². The zero-order valence-corrected chi connectivity index (χ0v) is 12.2. The number of anilines is 1. The lowest BCUT2D eigenvalue weighted by atomic mass is 10.0. The number of hydrogen-bond acceptors (Lipinski definition) is 3. The molecule has 3 nitrogen and oxygen atoms in total. The molecule has 1 aromatic rings. The van der Waals surface area contributed by atoms with Crippen molar-refractivity contribution in [2.75, 3.05) is 25.6 Å². The van der Waals surface area contributed by atoms with Gasteiger partial charge in [0, 0.05) is 18.8 Å². The number of methoxy groups -OCH3 is 1. The van der Waals surface area contributed by atoms with Gasteiger partial charge in [0.15, 0.2) is 0 Å². The molecule has 1 aromatic carbocycles. The molecule has 0 radical (unpaired) electrons. The van der Waals surface area contributed by atoms with Crippen LogP contribution in [0.1, 0.15) is 38.7 Å². The highest BCUT2D eigenvalue weighted by Gasteiger charge is 2.13. The first kappa shape index (κ1) is 14.8. The smallest absolute Gasteiger partial charge is 0.122 e. The second kappa shape index (κ2) is 6.64. The Kier molecular flexibility index (Phi) is 5.48. The Bertz CT molecular complexity index is 377. The van der Waals surface area contributed by atoms with E-state index in [9.17, 15) is 0 Å². The molecule has 0 saturated carbocycles. The van der Waals surface area contributed by atoms with Gasteiger partial charge in [-0.25, -0.2) is 0 Å². The third-order valence-corrected chi connectivity index (χ3v) is 3.49. The molecular weight excluding hydrogens is 224 g/mol. The van der Waals surface area contributed by atoms with E-state index in [2.05, 4.69) is 50.9 Å². The van der Waals surface area contributed by atoms with Crippen LogP contribution >= 0.6 is 0 Å². The average molecular weight is 250 g/mol. The van der Waals surface area contributed by atoms with Crippen LogP contribution in [0.25, 0.3) is 0 Å². The van der Waals surface area contributed by atoms with E-state index in [4.69, 9.17) is 10.5 Å². The molecule has 0 heterocycles. The Morgan fingerprint density at radius 2 is 1.94 bits per heavy atom. The Balaban J connectivity index is 3.00. The fourth-order valence-corrected chi connectivity index (χ4v) is 2.08. The normalized spacial score (nSPS) is 12.6. The van der Waals surface area contributed by atoms with Crippen LogP contribution in [0.15, 0.2) is 18.2 Å². The maximum Gasteiger partial charge on any atom is 0.122 e. The molecule has 1 unspecified atom stereocenters. The second-order valence-corrected chi connectivity index (χ2v) is 5.12. The zero-order chi connectivity index (χ0) is 13.7. The highest BCUT2D eigenvalue weighted by atomic mass is 16.5. The van der Waals surface area contributed by atoms with Gasteiger partial charge in [0.1, 0.15) is 5.75 Å². The highest BCUT2D eigenvalue weighted by molar-refractivity contribution is 5.54. The van der Waals surface area contributed by atoms with Gasteiger partial charge < -0.3 is 15.4 Å². The van der Waals surface area contributed by atoms with E-state index in [-0.39, 0.29) is 0 Å². The number of rotatable bonds is 6. The van der Waals surface area contributed by atoms with E-state index in [0.717, 1.165) is 18.7 Å². The van der Waals surface area contributed by atoms with Crippen LogP contribution in [-0.2, 0) is 0 Å². The van der Waals surface area contributed by atoms with Crippen LogP contribution in [0.4, 0.5) is 5.69 Å². The second-order valence-electron chi connectivity index (χ2n) is 5.12. The first-order valence-corrected chi connectivity index (χ1v) is 6.62. The van der Waals surface area contributed by atoms with Crippen molar-refractivity contribution in [3.63, 3.8) is 0 Å². The Hall–Kier alpha value is -1.22. The molecule has 0 bridgehead atoms. The van der Waals surface area contributed by atoms with Gasteiger partial charge in [-0.15, -0.1) is 0 Å². The van der Waals surface area contributed by atoms with Crippen molar-refractivity contribution in [2.45, 2.75) is 39.2 Å². The molecule has 1 rings (SSSR count). The maximum atomic E-state index is 5.62. The van der Waals surface area contributed by atoms with Crippen LogP contribution in [0, 0.1) is 0 Å². The van der Waals surface area contributed by atoms with Gasteiger partial charge in [-0.2, -0.15) is 0 Å². The minimum Gasteiger partial charge on any atom is -0.496 e. The number of hydrogen-bond donors (Lipinski definition) is 1. The molecule has 0 aromatic heterocycles. The predicted octanol–water partition coefficient (Wildman–Crippen LogP) is 2.99. The number of ether oxygens (including phenoxy) is 1. The standard InChI is InChI=1S/C15H26N2O/c1-11(2)14-10-13(6-7-15(14)18-5)17(4)12(3)8-9-16/h6-7,10-12H,8-9,16H2,1-5H3. The first-order chi connectivity index (χ1) is 8.51. The lowest BCUT2D eigenvalue weighted by Gasteiger charge is -2.28. The van der Waals surface area contributed by atoms with Gasteiger partial charge in [-0.1, -0.05) is 13.8 Å². The molecule has 0 spiro atoms. The average Bonchev–Trinajstić information content (AvgIpc) is 2.37. The molecular formula is C15H26N2O. The number of nitrogens with zero attached hydrogens (tertiary/aromatic N) is 1. The molecule has 0 amide bonds. The van der Waals surface area contributed by atoms with Crippen LogP contribution in [0.2, 0.25) is 0 Å². The summed E-state index contributed by atoms with van der Waals surface area (Å²) in [5.41, 5.74) is 8.10. The summed E-state index contributed by atoms with van der Waals surface area (Å²) in [6.07, 6.45) is 1.000. The van der Waals surface area contributed by atoms with Crippen molar-refractivity contribution in [1.82, 2.24) is 0 Å². The summed E-state index contributed by atoms with van der Waals surface area (Å²) in [6, 6.07) is 6.83. The molecule has 0 fully saturated rings. The zero-order valence-electron chi connectivity index (χ0n) is 12.2. The molecule has 3 heteroatoms. The maximum absolute atomic E-state index is 5.62. The topological polar surface area (TPSA) is 38.5 Å². The van der Waals surface area contributed by atoms with Gasteiger partial charge in [0.25, 0.3) is 0 Å². The molecule has 18 heavy (non-hydrogen) atoms. The summed E-state index contributed by atoms with van der Waals surface area (Å²) in [7, 11) is 3.84. The summed E-state index contributed by atoms with van der Waals surface area (Å²) in [6.45, 7) is 7.29. The number of nitrogens with two attached hydrogens (primary N) is 1. The highest BCUT2D eigenvalue weighted by Crippen LogP contribution is 2.31. The van der Waals surface area contributed by atoms with Crippen molar-refractivity contribution in [1.29, 1.82) is 0 Å². The monoisotopic (exact) mass is 250 g/mol. The minimum absolute atomic E-state index is 0.448. The van der Waals surface area contributed by atoms with Crippen molar-refractivity contribution in [3.8, 4) is 5.75 Å². The summed E-state index contributed by atoms with van der Waals surface area (Å²) in [5.74, 6) is 1.42. The number of benzene rings is 1. The lowest BCUT2D eigenvalue weighted by molar-refractivity contribution is 0.407. The van der Waals surface area contributed by atoms with Crippen LogP contribution < -0.4 is 15.4 Å². The van der Waals surface area contributed by atoms with E-state index >= 15 is 0 Å². The summed E-state index contributed by atoms with van der Waals surface area (Å²) >= 11 is 0. The Labute approximate surface area is 111 Å². The molecule has 0 saturated heterocycles. The first-order valence-electron chi connectivity index (χ1n) is 6.62. The molecule has 0 aliphatic heterocycles. The molecule has 0 aliphatic carbocycles. The van der Waals surface area contributed by atoms with E-state index in [1.54, 1.807) is 7.11 Å². The van der Waals surface area contributed by atoms with E-state index in [1.807, 2.05) is 0 Å². The van der Waals surface area contributed by atoms with E-state index < -0.39 is 0 Å². The third-order valence-electron chi connectivity index (χ3n) is 3.49. The molecule has 1 atom stereocenters. The molecule has 2 N–H and O–H groups in total. The fourth-order valence-electron chi connectivity index (χ4n) is 2.08. The van der Waals surface area contributed by atoms with Gasteiger partial charge in [-0.3, -0.25) is 0 Å². The largest absolute Gasteiger partial charge is 0.496 e. The van der Waals surface area contributed by atoms with Crippen LogP contribution in [0.3, 0.4) is 0 Å². The molecule has 102 valence electrons. The van der Waals surface area contributed by atoms with Gasteiger partial charge >= 0.3 is 0 Å². The van der Waals surface area contributed by atoms with Gasteiger partial charge in [0.05, 0.1) is 7.11 Å². The van der Waals surface area contributed by atoms with E-state index in [1.165, 1.54) is 11.3 Å².